The number of carboxylic acid groups (broad SMARTS) is 1. The number of hydrogen-bond donors (Lipinski definition) is 2. The summed E-state index contributed by atoms with van der Waals surface area (Å²) in [6.07, 6.45) is 0.283. The lowest BCUT2D eigenvalue weighted by Gasteiger charge is -2.03. The Morgan fingerprint density at radius 2 is 1.93 bits per heavy atom. The number of halogens is 3. The summed E-state index contributed by atoms with van der Waals surface area (Å²) in [6, 6.07) is 12.1. The van der Waals surface area contributed by atoms with Crippen LogP contribution in [0.15, 0.2) is 61.1 Å². The van der Waals surface area contributed by atoms with Gasteiger partial charge in [0.25, 0.3) is 5.69 Å². The number of nitrogens with zero attached hydrogens (tertiary/aromatic N) is 4. The number of non-ortho nitro benzene ring substituents is 1. The number of nitro groups is 1. The highest BCUT2D eigenvalue weighted by Crippen LogP contribution is 2.24. The molecule has 0 spiro atoms. The average Bonchev–Trinajstić information content (AvgIpc) is 3.37. The third-order valence-electron chi connectivity index (χ3n) is 3.87. The van der Waals surface area contributed by atoms with E-state index in [-0.39, 0.29) is 5.69 Å². The van der Waals surface area contributed by atoms with Crippen LogP contribution in [0.2, 0.25) is 0 Å². The van der Waals surface area contributed by atoms with Crippen LogP contribution in [0.25, 0.3) is 28.0 Å². The Balaban J connectivity index is 0.000000318. The molecule has 4 rings (SSSR count). The lowest BCUT2D eigenvalue weighted by atomic mass is 10.1. The Morgan fingerprint density at radius 3 is 2.60 bits per heavy atom. The van der Waals surface area contributed by atoms with Gasteiger partial charge in [-0.3, -0.25) is 10.1 Å². The van der Waals surface area contributed by atoms with E-state index < -0.39 is 17.1 Å². The summed E-state index contributed by atoms with van der Waals surface area (Å²) in [4.78, 5) is 26.7. The second-order valence-electron chi connectivity index (χ2n) is 5.83. The summed E-state index contributed by atoms with van der Waals surface area (Å²) in [6.45, 7) is 0. The summed E-state index contributed by atoms with van der Waals surface area (Å²) < 4.78 is 33.5. The molecule has 0 saturated carbocycles. The number of carbonyl (C=O) groups is 1. The van der Waals surface area contributed by atoms with Gasteiger partial charge < -0.3 is 10.1 Å². The molecule has 0 fully saturated rings. The van der Waals surface area contributed by atoms with Gasteiger partial charge in [0.1, 0.15) is 5.65 Å². The molecule has 0 saturated heterocycles. The van der Waals surface area contributed by atoms with E-state index in [0.717, 1.165) is 16.7 Å². The first-order valence-electron chi connectivity index (χ1n) is 8.20. The van der Waals surface area contributed by atoms with Gasteiger partial charge in [0, 0.05) is 41.7 Å². The lowest BCUT2D eigenvalue weighted by Crippen LogP contribution is -2.21. The minimum absolute atomic E-state index is 0.0500. The Kier molecular flexibility index (Phi) is 5.49. The number of fused-ring (bicyclic) bond motifs is 1. The minimum Gasteiger partial charge on any atom is -0.475 e. The fourth-order valence-corrected chi connectivity index (χ4v) is 2.54. The summed E-state index contributed by atoms with van der Waals surface area (Å²) in [5.74, 6) is -2.76. The van der Waals surface area contributed by atoms with Gasteiger partial charge in [-0.05, 0) is 18.2 Å². The summed E-state index contributed by atoms with van der Waals surface area (Å²) in [5.41, 5.74) is 3.11. The molecule has 0 amide bonds. The van der Waals surface area contributed by atoms with Crippen molar-refractivity contribution in [3.63, 3.8) is 0 Å². The number of alkyl halides is 3. The summed E-state index contributed by atoms with van der Waals surface area (Å²) in [5, 5.41) is 23.5. The van der Waals surface area contributed by atoms with Crippen LogP contribution in [0, 0.1) is 10.1 Å². The van der Waals surface area contributed by atoms with Gasteiger partial charge in [-0.15, -0.1) is 0 Å². The van der Waals surface area contributed by atoms with Crippen LogP contribution in [0.5, 0.6) is 0 Å². The molecule has 3 aromatic heterocycles. The molecule has 1 aromatic carbocycles. The zero-order valence-electron chi connectivity index (χ0n) is 14.9. The van der Waals surface area contributed by atoms with Gasteiger partial charge in [0.15, 0.2) is 0 Å². The minimum atomic E-state index is -5.08. The molecule has 2 N–H and O–H groups in total. The summed E-state index contributed by atoms with van der Waals surface area (Å²) in [7, 11) is 0. The largest absolute Gasteiger partial charge is 0.490 e. The molecule has 0 aliphatic carbocycles. The fourth-order valence-electron chi connectivity index (χ4n) is 2.54. The van der Waals surface area contributed by atoms with Crippen LogP contribution in [0.3, 0.4) is 0 Å². The van der Waals surface area contributed by atoms with Crippen molar-refractivity contribution in [2.24, 2.45) is 0 Å². The molecule has 0 radical (unpaired) electrons. The number of aromatic amines is 1. The number of nitro benzene ring substituents is 1. The molecule has 30 heavy (non-hydrogen) atoms. The van der Waals surface area contributed by atoms with E-state index in [0.29, 0.717) is 11.3 Å². The average molecular weight is 419 g/mol. The number of benzene rings is 1. The van der Waals surface area contributed by atoms with Crippen molar-refractivity contribution in [1.29, 1.82) is 0 Å². The van der Waals surface area contributed by atoms with E-state index in [1.54, 1.807) is 23.0 Å². The summed E-state index contributed by atoms with van der Waals surface area (Å²) >= 11 is 0. The molecule has 0 aliphatic heterocycles. The van der Waals surface area contributed by atoms with Gasteiger partial charge in [-0.25, -0.2) is 14.5 Å². The van der Waals surface area contributed by atoms with Crippen LogP contribution in [-0.4, -0.2) is 41.9 Å². The topological polar surface area (TPSA) is 127 Å². The molecule has 0 unspecified atom stereocenters. The monoisotopic (exact) mass is 419 g/mol. The molecular formula is C18H12F3N5O4. The van der Waals surface area contributed by atoms with Crippen LogP contribution in [0.1, 0.15) is 0 Å². The quantitative estimate of drug-likeness (QED) is 0.382. The third kappa shape index (κ3) is 4.43. The Labute approximate surface area is 165 Å². The normalized spacial score (nSPS) is 11.0. The lowest BCUT2D eigenvalue weighted by molar-refractivity contribution is -0.384. The molecule has 3 heterocycles. The molecule has 0 aliphatic rings. The van der Waals surface area contributed by atoms with Gasteiger partial charge >= 0.3 is 12.1 Å². The SMILES string of the molecule is O=C(O)C(F)(F)F.O=[N+]([O-])c1cccc(-c2ccn(-c3ccnc4[nH]ccc34)n2)c1. The number of carboxylic acids is 1. The molecular weight excluding hydrogens is 407 g/mol. The van der Waals surface area contributed by atoms with Crippen LogP contribution < -0.4 is 0 Å². The molecule has 4 aromatic rings. The van der Waals surface area contributed by atoms with E-state index in [2.05, 4.69) is 15.1 Å². The standard InChI is InChI=1S/C16H11N5O2.C2HF3O2/c22-21(23)12-3-1-2-11(10-12)14-6-9-20(19-14)15-5-8-18-16-13(15)4-7-17-16;3-2(4,5)1(6)7/h1-10H,(H,17,18);(H,6,7). The second-order valence-corrected chi connectivity index (χ2v) is 5.83. The maximum Gasteiger partial charge on any atom is 0.490 e. The van der Waals surface area contributed by atoms with Crippen molar-refractivity contribution in [1.82, 2.24) is 19.7 Å². The predicted molar refractivity (Wildman–Crippen MR) is 99.0 cm³/mol. The first-order chi connectivity index (χ1) is 14.2. The molecule has 9 nitrogen and oxygen atoms in total. The Morgan fingerprint density at radius 1 is 1.20 bits per heavy atom. The number of aliphatic carboxylic acids is 1. The maximum atomic E-state index is 10.9. The van der Waals surface area contributed by atoms with Gasteiger partial charge in [0.2, 0.25) is 0 Å². The molecule has 154 valence electrons. The van der Waals surface area contributed by atoms with Crippen molar-refractivity contribution < 1.29 is 28.0 Å². The maximum absolute atomic E-state index is 10.9. The van der Waals surface area contributed by atoms with Crippen molar-refractivity contribution in [2.75, 3.05) is 0 Å². The number of H-pyrrole nitrogens is 1. The number of hydrogen-bond acceptors (Lipinski definition) is 5. The van der Waals surface area contributed by atoms with Gasteiger partial charge in [-0.2, -0.15) is 18.3 Å². The fraction of sp³-hybridized carbons (Fsp3) is 0.0556. The highest BCUT2D eigenvalue weighted by molar-refractivity contribution is 5.84. The zero-order chi connectivity index (χ0) is 21.9. The van der Waals surface area contributed by atoms with Crippen LogP contribution in [0.4, 0.5) is 18.9 Å². The number of nitrogens with one attached hydrogen (secondary N) is 1. The van der Waals surface area contributed by atoms with Crippen molar-refractivity contribution >= 4 is 22.7 Å². The van der Waals surface area contributed by atoms with Crippen LogP contribution in [-0.2, 0) is 4.79 Å². The molecule has 12 heteroatoms. The highest BCUT2D eigenvalue weighted by Gasteiger charge is 2.38. The predicted octanol–water partition coefficient (Wildman–Crippen LogP) is 3.96. The highest BCUT2D eigenvalue weighted by atomic mass is 19.4. The van der Waals surface area contributed by atoms with Crippen LogP contribution >= 0.6 is 0 Å². The van der Waals surface area contributed by atoms with Crippen molar-refractivity contribution in [3.05, 3.63) is 71.2 Å². The second kappa shape index (κ2) is 8.03. The van der Waals surface area contributed by atoms with E-state index >= 15 is 0 Å². The van der Waals surface area contributed by atoms with E-state index in [1.807, 2.05) is 30.6 Å². The Bertz CT molecular complexity index is 1220. The van der Waals surface area contributed by atoms with Crippen molar-refractivity contribution in [2.45, 2.75) is 6.18 Å². The molecule has 0 atom stereocenters. The van der Waals surface area contributed by atoms with Gasteiger partial charge in [-0.1, -0.05) is 12.1 Å². The van der Waals surface area contributed by atoms with E-state index in [4.69, 9.17) is 9.90 Å². The molecule has 0 bridgehead atoms. The van der Waals surface area contributed by atoms with E-state index in [1.165, 1.54) is 12.1 Å². The zero-order valence-corrected chi connectivity index (χ0v) is 14.9. The van der Waals surface area contributed by atoms with Crippen molar-refractivity contribution in [3.8, 4) is 16.9 Å². The number of aromatic nitrogens is 4. The number of rotatable bonds is 3. The smallest absolute Gasteiger partial charge is 0.475 e. The first-order valence-corrected chi connectivity index (χ1v) is 8.20. The van der Waals surface area contributed by atoms with Gasteiger partial charge in [0.05, 0.1) is 16.3 Å². The Hall–Kier alpha value is -4.22. The third-order valence-corrected chi connectivity index (χ3v) is 3.87. The number of pyridine rings is 1. The van der Waals surface area contributed by atoms with E-state index in [9.17, 15) is 23.3 Å². The first kappa shape index (κ1) is 20.5.